The Morgan fingerprint density at radius 3 is 2.55 bits per heavy atom. The first-order chi connectivity index (χ1) is 9.23. The van der Waals surface area contributed by atoms with Gasteiger partial charge in [0.1, 0.15) is 6.10 Å². The molecule has 1 atom stereocenters. The maximum Gasteiger partial charge on any atom is 0.336 e. The normalized spacial score (nSPS) is 12.2. The van der Waals surface area contributed by atoms with Gasteiger partial charge in [0.25, 0.3) is 12.1 Å². The number of hydrogen-bond donors (Lipinski definition) is 3. The van der Waals surface area contributed by atoms with E-state index >= 15 is 0 Å². The number of anilines is 1. The Balaban J connectivity index is 3.11. The van der Waals surface area contributed by atoms with Gasteiger partial charge in [-0.15, -0.1) is 0 Å². The van der Waals surface area contributed by atoms with Crippen LogP contribution in [0.25, 0.3) is 0 Å². The standard InChI is InChI=1S/C11H12F2N2O5/c1-5-7(14-4-9(16)10(12)13)2-6(11(17)18)3-8(5)15(19)20/h2-3,9-10,14,16H,4H2,1H3,(H,17,18). The molecule has 1 aromatic carbocycles. The molecule has 3 N–H and O–H groups in total. The summed E-state index contributed by atoms with van der Waals surface area (Å²) in [6, 6.07) is 1.97. The number of aliphatic hydroxyl groups excluding tert-OH is 1. The maximum absolute atomic E-state index is 12.2. The molecule has 110 valence electrons. The number of nitro benzene ring substituents is 1. The number of hydrogen-bond acceptors (Lipinski definition) is 5. The van der Waals surface area contributed by atoms with Crippen molar-refractivity contribution >= 4 is 17.3 Å². The third-order valence-corrected chi connectivity index (χ3v) is 2.62. The summed E-state index contributed by atoms with van der Waals surface area (Å²) in [4.78, 5) is 20.9. The van der Waals surface area contributed by atoms with Crippen molar-refractivity contribution in [2.75, 3.05) is 11.9 Å². The highest BCUT2D eigenvalue weighted by atomic mass is 19.3. The number of aliphatic hydroxyl groups is 1. The molecule has 0 aliphatic carbocycles. The molecule has 0 aromatic heterocycles. The second kappa shape index (κ2) is 6.24. The van der Waals surface area contributed by atoms with Crippen molar-refractivity contribution in [2.45, 2.75) is 19.5 Å². The second-order valence-electron chi connectivity index (χ2n) is 4.01. The summed E-state index contributed by atoms with van der Waals surface area (Å²) in [5, 5.41) is 31.0. The van der Waals surface area contributed by atoms with Crippen LogP contribution in [0.4, 0.5) is 20.2 Å². The van der Waals surface area contributed by atoms with Crippen LogP contribution in [-0.2, 0) is 0 Å². The lowest BCUT2D eigenvalue weighted by Gasteiger charge is -2.14. The fourth-order valence-electron chi connectivity index (χ4n) is 1.50. The van der Waals surface area contributed by atoms with Crippen LogP contribution in [-0.4, -0.2) is 40.2 Å². The number of carbonyl (C=O) groups is 1. The van der Waals surface area contributed by atoms with Crippen LogP contribution in [0.1, 0.15) is 15.9 Å². The largest absolute Gasteiger partial charge is 0.478 e. The molecule has 0 saturated carbocycles. The van der Waals surface area contributed by atoms with Gasteiger partial charge in [0, 0.05) is 23.9 Å². The average molecular weight is 290 g/mol. The average Bonchev–Trinajstić information content (AvgIpc) is 2.36. The van der Waals surface area contributed by atoms with Crippen LogP contribution < -0.4 is 5.32 Å². The van der Waals surface area contributed by atoms with Crippen LogP contribution in [0, 0.1) is 17.0 Å². The number of carboxylic acids is 1. The van der Waals surface area contributed by atoms with E-state index in [1.54, 1.807) is 0 Å². The van der Waals surface area contributed by atoms with E-state index in [4.69, 9.17) is 10.2 Å². The smallest absolute Gasteiger partial charge is 0.336 e. The molecule has 20 heavy (non-hydrogen) atoms. The van der Waals surface area contributed by atoms with Crippen LogP contribution in [0.15, 0.2) is 12.1 Å². The molecule has 0 amide bonds. The van der Waals surface area contributed by atoms with E-state index in [0.29, 0.717) is 0 Å². The van der Waals surface area contributed by atoms with Gasteiger partial charge < -0.3 is 15.5 Å². The van der Waals surface area contributed by atoms with Crippen molar-refractivity contribution < 1.29 is 28.7 Å². The number of aromatic carboxylic acids is 1. The Bertz CT molecular complexity index is 536. The number of nitro groups is 1. The van der Waals surface area contributed by atoms with Crippen molar-refractivity contribution in [3.05, 3.63) is 33.4 Å². The summed E-state index contributed by atoms with van der Waals surface area (Å²) < 4.78 is 24.3. The Hall–Kier alpha value is -2.29. The van der Waals surface area contributed by atoms with Crippen molar-refractivity contribution in [1.82, 2.24) is 0 Å². The van der Waals surface area contributed by atoms with E-state index in [9.17, 15) is 23.7 Å². The third-order valence-electron chi connectivity index (χ3n) is 2.62. The molecule has 1 rings (SSSR count). The summed E-state index contributed by atoms with van der Waals surface area (Å²) in [5.41, 5.74) is -0.687. The molecule has 0 radical (unpaired) electrons. The van der Waals surface area contributed by atoms with Gasteiger partial charge in [-0.3, -0.25) is 10.1 Å². The summed E-state index contributed by atoms with van der Waals surface area (Å²) in [7, 11) is 0. The van der Waals surface area contributed by atoms with Crippen LogP contribution in [0.3, 0.4) is 0 Å². The van der Waals surface area contributed by atoms with Gasteiger partial charge in [-0.25, -0.2) is 13.6 Å². The van der Waals surface area contributed by atoms with Gasteiger partial charge in [-0.1, -0.05) is 0 Å². The predicted molar refractivity (Wildman–Crippen MR) is 65.3 cm³/mol. The fraction of sp³-hybridized carbons (Fsp3) is 0.364. The topological polar surface area (TPSA) is 113 Å². The maximum atomic E-state index is 12.2. The van der Waals surface area contributed by atoms with E-state index in [2.05, 4.69) is 5.32 Å². The predicted octanol–water partition coefficient (Wildman–Crippen LogP) is 1.64. The van der Waals surface area contributed by atoms with Crippen molar-refractivity contribution in [3.63, 3.8) is 0 Å². The minimum Gasteiger partial charge on any atom is -0.478 e. The van der Waals surface area contributed by atoms with Gasteiger partial charge in [0.15, 0.2) is 0 Å². The van der Waals surface area contributed by atoms with E-state index in [0.717, 1.165) is 12.1 Å². The Morgan fingerprint density at radius 1 is 1.50 bits per heavy atom. The quantitative estimate of drug-likeness (QED) is 0.542. The molecule has 1 aromatic rings. The zero-order valence-corrected chi connectivity index (χ0v) is 10.3. The van der Waals surface area contributed by atoms with E-state index in [1.165, 1.54) is 6.92 Å². The molecular formula is C11H12F2N2O5. The molecule has 0 saturated heterocycles. The first kappa shape index (κ1) is 15.8. The lowest BCUT2D eigenvalue weighted by Crippen LogP contribution is -2.27. The summed E-state index contributed by atoms with van der Waals surface area (Å²) in [5.74, 6) is -1.38. The number of benzene rings is 1. The van der Waals surface area contributed by atoms with Gasteiger partial charge in [-0.2, -0.15) is 0 Å². The van der Waals surface area contributed by atoms with Crippen LogP contribution in [0.2, 0.25) is 0 Å². The van der Waals surface area contributed by atoms with Gasteiger partial charge in [0.05, 0.1) is 10.5 Å². The SMILES string of the molecule is Cc1c(NCC(O)C(F)F)cc(C(=O)O)cc1[N+](=O)[O-]. The van der Waals surface area contributed by atoms with Crippen molar-refractivity contribution in [3.8, 4) is 0 Å². The number of alkyl halides is 2. The monoisotopic (exact) mass is 290 g/mol. The minimum absolute atomic E-state index is 0.0105. The van der Waals surface area contributed by atoms with Crippen LogP contribution in [0.5, 0.6) is 0 Å². The zero-order chi connectivity index (χ0) is 15.4. The molecule has 0 spiro atoms. The molecule has 0 aliphatic rings. The van der Waals surface area contributed by atoms with E-state index in [-0.39, 0.29) is 16.8 Å². The Labute approximate surface area is 112 Å². The summed E-state index contributed by atoms with van der Waals surface area (Å²) in [6.45, 7) is 0.791. The number of halogens is 2. The van der Waals surface area contributed by atoms with Gasteiger partial charge >= 0.3 is 5.97 Å². The number of nitrogens with zero attached hydrogens (tertiary/aromatic N) is 1. The molecule has 7 nitrogen and oxygen atoms in total. The van der Waals surface area contributed by atoms with Gasteiger partial charge in [0.2, 0.25) is 0 Å². The highest BCUT2D eigenvalue weighted by molar-refractivity contribution is 5.90. The summed E-state index contributed by atoms with van der Waals surface area (Å²) in [6.07, 6.45) is -4.93. The lowest BCUT2D eigenvalue weighted by molar-refractivity contribution is -0.385. The lowest BCUT2D eigenvalue weighted by atomic mass is 10.1. The Kier molecular flexibility index (Phi) is 4.92. The molecule has 9 heteroatoms. The van der Waals surface area contributed by atoms with E-state index < -0.39 is 35.7 Å². The minimum atomic E-state index is -2.97. The first-order valence-corrected chi connectivity index (χ1v) is 5.46. The number of rotatable bonds is 6. The van der Waals surface area contributed by atoms with E-state index in [1.807, 2.05) is 0 Å². The molecule has 0 fully saturated rings. The molecule has 0 bridgehead atoms. The molecule has 0 heterocycles. The number of carboxylic acid groups (broad SMARTS) is 1. The third kappa shape index (κ3) is 3.60. The van der Waals surface area contributed by atoms with Gasteiger partial charge in [-0.05, 0) is 13.0 Å². The second-order valence-corrected chi connectivity index (χ2v) is 4.01. The number of nitrogens with one attached hydrogen (secondary N) is 1. The highest BCUT2D eigenvalue weighted by Crippen LogP contribution is 2.28. The van der Waals surface area contributed by atoms with Crippen molar-refractivity contribution in [1.29, 1.82) is 0 Å². The summed E-state index contributed by atoms with van der Waals surface area (Å²) >= 11 is 0. The highest BCUT2D eigenvalue weighted by Gasteiger charge is 2.21. The van der Waals surface area contributed by atoms with Crippen molar-refractivity contribution in [2.24, 2.45) is 0 Å². The van der Waals surface area contributed by atoms with Crippen LogP contribution >= 0.6 is 0 Å². The first-order valence-electron chi connectivity index (χ1n) is 5.46. The fourth-order valence-corrected chi connectivity index (χ4v) is 1.50. The molecule has 1 unspecified atom stereocenters. The Morgan fingerprint density at radius 2 is 2.10 bits per heavy atom. The zero-order valence-electron chi connectivity index (χ0n) is 10.3. The molecule has 0 aliphatic heterocycles. The molecular weight excluding hydrogens is 278 g/mol.